The summed E-state index contributed by atoms with van der Waals surface area (Å²) in [5.41, 5.74) is 8.08. The van der Waals surface area contributed by atoms with Gasteiger partial charge in [0.1, 0.15) is 11.6 Å². The van der Waals surface area contributed by atoms with Gasteiger partial charge in [0.15, 0.2) is 23.0 Å². The second-order valence-corrected chi connectivity index (χ2v) is 8.11. The van der Waals surface area contributed by atoms with Crippen LogP contribution >= 0.6 is 0 Å². The number of nitrogen functional groups attached to an aromatic ring is 1. The van der Waals surface area contributed by atoms with Gasteiger partial charge in [-0.3, -0.25) is 4.90 Å². The second kappa shape index (κ2) is 8.21. The maximum Gasteiger partial charge on any atom is 0.231 e. The Morgan fingerprint density at radius 3 is 2.27 bits per heavy atom. The Balaban J connectivity index is 1.10. The molecule has 0 aliphatic carbocycles. The van der Waals surface area contributed by atoms with Gasteiger partial charge in [-0.2, -0.15) is 9.97 Å². The molecule has 4 heterocycles. The first-order chi connectivity index (χ1) is 16.2. The number of nitrogens with zero attached hydrogens (tertiary/aromatic N) is 4. The molecule has 2 aromatic carbocycles. The average molecular weight is 448 g/mol. The molecule has 3 aliphatic heterocycles. The summed E-state index contributed by atoms with van der Waals surface area (Å²) in [5, 5.41) is 3.29. The van der Waals surface area contributed by atoms with Gasteiger partial charge >= 0.3 is 0 Å². The minimum absolute atomic E-state index is 0.235. The number of hydrogen-bond acceptors (Lipinski definition) is 10. The van der Waals surface area contributed by atoms with E-state index in [-0.39, 0.29) is 12.7 Å². The average Bonchev–Trinajstić information content (AvgIpc) is 3.48. The van der Waals surface area contributed by atoms with Crippen molar-refractivity contribution in [2.24, 2.45) is 0 Å². The zero-order chi connectivity index (χ0) is 22.2. The summed E-state index contributed by atoms with van der Waals surface area (Å²) in [5.74, 6) is 4.77. The van der Waals surface area contributed by atoms with E-state index in [1.54, 1.807) is 0 Å². The summed E-state index contributed by atoms with van der Waals surface area (Å²) in [6, 6.07) is 13.7. The molecular weight excluding hydrogens is 424 g/mol. The molecule has 170 valence electrons. The molecule has 1 fully saturated rings. The lowest BCUT2D eigenvalue weighted by atomic mass is 10.1. The van der Waals surface area contributed by atoms with Crippen LogP contribution in [0.25, 0.3) is 0 Å². The highest BCUT2D eigenvalue weighted by Gasteiger charge is 2.21. The molecule has 0 radical (unpaired) electrons. The number of aromatic nitrogens is 2. The number of anilines is 4. The molecule has 10 nitrogen and oxygen atoms in total. The van der Waals surface area contributed by atoms with E-state index < -0.39 is 0 Å². The van der Waals surface area contributed by atoms with Crippen LogP contribution in [0.4, 0.5) is 23.3 Å². The molecule has 0 unspecified atom stereocenters. The van der Waals surface area contributed by atoms with E-state index in [9.17, 15) is 0 Å². The molecule has 0 atom stereocenters. The molecule has 0 spiro atoms. The van der Waals surface area contributed by atoms with Gasteiger partial charge < -0.3 is 34.9 Å². The van der Waals surface area contributed by atoms with Crippen LogP contribution in [0.3, 0.4) is 0 Å². The topological polar surface area (TPSA) is 107 Å². The summed E-state index contributed by atoms with van der Waals surface area (Å²) < 4.78 is 21.7. The van der Waals surface area contributed by atoms with Crippen LogP contribution in [0.5, 0.6) is 23.0 Å². The van der Waals surface area contributed by atoms with Crippen LogP contribution in [0, 0.1) is 0 Å². The van der Waals surface area contributed by atoms with Gasteiger partial charge in [0.2, 0.25) is 19.5 Å². The van der Waals surface area contributed by atoms with E-state index >= 15 is 0 Å². The molecule has 0 amide bonds. The van der Waals surface area contributed by atoms with Crippen molar-refractivity contribution in [2.45, 2.75) is 6.54 Å². The zero-order valence-corrected chi connectivity index (χ0v) is 18.0. The number of ether oxygens (including phenoxy) is 4. The highest BCUT2D eigenvalue weighted by molar-refractivity contribution is 5.64. The van der Waals surface area contributed by atoms with Crippen molar-refractivity contribution >= 4 is 23.3 Å². The molecule has 33 heavy (non-hydrogen) atoms. The van der Waals surface area contributed by atoms with Crippen molar-refractivity contribution in [3.8, 4) is 23.0 Å². The van der Waals surface area contributed by atoms with Gasteiger partial charge in [-0.15, -0.1) is 0 Å². The maximum absolute atomic E-state index is 6.02. The molecular formula is C23H24N6O4. The van der Waals surface area contributed by atoms with Crippen LogP contribution in [0.2, 0.25) is 0 Å². The van der Waals surface area contributed by atoms with Crippen molar-refractivity contribution in [2.75, 3.05) is 55.7 Å². The minimum atomic E-state index is 0.235. The first-order valence-corrected chi connectivity index (χ1v) is 10.9. The summed E-state index contributed by atoms with van der Waals surface area (Å²) in [4.78, 5) is 13.5. The Bertz CT molecular complexity index is 1180. The van der Waals surface area contributed by atoms with Crippen LogP contribution in [0.1, 0.15) is 5.56 Å². The number of hydrogen-bond donors (Lipinski definition) is 2. The van der Waals surface area contributed by atoms with Gasteiger partial charge in [-0.1, -0.05) is 6.07 Å². The molecule has 1 aromatic heterocycles. The van der Waals surface area contributed by atoms with Crippen LogP contribution in [-0.2, 0) is 6.54 Å². The Morgan fingerprint density at radius 1 is 0.788 bits per heavy atom. The Kier molecular flexibility index (Phi) is 4.91. The standard InChI is InChI=1S/C23H24N6O4/c24-23-26-21(25-16-2-4-18-20(10-16)33-14-31-18)11-22(27-23)29-7-5-28(6-8-29)12-15-1-3-17-19(9-15)32-13-30-17/h1-4,9-11H,5-8,12-14H2,(H3,24,25,26,27). The van der Waals surface area contributed by atoms with Gasteiger partial charge in [0.25, 0.3) is 0 Å². The molecule has 6 rings (SSSR count). The van der Waals surface area contributed by atoms with Crippen molar-refractivity contribution in [1.29, 1.82) is 0 Å². The number of benzene rings is 2. The fourth-order valence-corrected chi connectivity index (χ4v) is 4.23. The van der Waals surface area contributed by atoms with Crippen LogP contribution < -0.4 is 34.9 Å². The number of fused-ring (bicyclic) bond motifs is 2. The number of piperazine rings is 1. The molecule has 3 aliphatic rings. The summed E-state index contributed by atoms with van der Waals surface area (Å²) in [7, 11) is 0. The fourth-order valence-electron chi connectivity index (χ4n) is 4.23. The predicted molar refractivity (Wildman–Crippen MR) is 122 cm³/mol. The molecule has 10 heteroatoms. The minimum Gasteiger partial charge on any atom is -0.454 e. The largest absolute Gasteiger partial charge is 0.454 e. The molecule has 3 aromatic rings. The maximum atomic E-state index is 6.02. The lowest BCUT2D eigenvalue weighted by Gasteiger charge is -2.35. The number of nitrogens with two attached hydrogens (primary N) is 1. The Hall–Kier alpha value is -3.92. The van der Waals surface area contributed by atoms with Crippen molar-refractivity contribution in [3.63, 3.8) is 0 Å². The predicted octanol–water partition coefficient (Wildman–Crippen LogP) is 2.58. The van der Waals surface area contributed by atoms with Gasteiger partial charge in [-0.25, -0.2) is 0 Å². The SMILES string of the molecule is Nc1nc(Nc2ccc3c(c2)OCO3)cc(N2CCN(Cc3ccc4c(c3)OCO4)CC2)n1. The fraction of sp³-hybridized carbons (Fsp3) is 0.304. The smallest absolute Gasteiger partial charge is 0.231 e. The summed E-state index contributed by atoms with van der Waals surface area (Å²) in [6.45, 7) is 4.95. The summed E-state index contributed by atoms with van der Waals surface area (Å²) in [6.07, 6.45) is 0. The monoisotopic (exact) mass is 448 g/mol. The highest BCUT2D eigenvalue weighted by Crippen LogP contribution is 2.35. The van der Waals surface area contributed by atoms with E-state index in [1.165, 1.54) is 5.56 Å². The van der Waals surface area contributed by atoms with Crippen LogP contribution in [0.15, 0.2) is 42.5 Å². The normalized spacial score (nSPS) is 16.8. The van der Waals surface area contributed by atoms with Crippen molar-refractivity contribution < 1.29 is 18.9 Å². The van der Waals surface area contributed by atoms with Gasteiger partial charge in [-0.05, 0) is 29.8 Å². The third-order valence-corrected chi connectivity index (χ3v) is 5.91. The van der Waals surface area contributed by atoms with Gasteiger partial charge in [0.05, 0.1) is 0 Å². The zero-order valence-electron chi connectivity index (χ0n) is 18.0. The first-order valence-electron chi connectivity index (χ1n) is 10.9. The Labute approximate surface area is 190 Å². The quantitative estimate of drug-likeness (QED) is 0.605. The third kappa shape index (κ3) is 4.12. The first kappa shape index (κ1) is 19.7. The van der Waals surface area contributed by atoms with Crippen molar-refractivity contribution in [3.05, 3.63) is 48.0 Å². The van der Waals surface area contributed by atoms with Crippen molar-refractivity contribution in [1.82, 2.24) is 14.9 Å². The van der Waals surface area contributed by atoms with E-state index in [1.807, 2.05) is 30.3 Å². The molecule has 3 N–H and O–H groups in total. The van der Waals surface area contributed by atoms with Gasteiger partial charge in [0, 0.05) is 50.5 Å². The molecule has 0 bridgehead atoms. The number of rotatable bonds is 5. The lowest BCUT2D eigenvalue weighted by molar-refractivity contribution is 0.173. The van der Waals surface area contributed by atoms with Crippen LogP contribution in [-0.4, -0.2) is 54.6 Å². The number of nitrogens with one attached hydrogen (secondary N) is 1. The highest BCUT2D eigenvalue weighted by atomic mass is 16.7. The third-order valence-electron chi connectivity index (χ3n) is 5.91. The molecule has 1 saturated heterocycles. The van der Waals surface area contributed by atoms with E-state index in [0.717, 1.165) is 61.5 Å². The second-order valence-electron chi connectivity index (χ2n) is 8.11. The van der Waals surface area contributed by atoms with E-state index in [2.05, 4.69) is 37.2 Å². The van der Waals surface area contributed by atoms with E-state index in [0.29, 0.717) is 18.4 Å². The summed E-state index contributed by atoms with van der Waals surface area (Å²) >= 11 is 0. The van der Waals surface area contributed by atoms with E-state index in [4.69, 9.17) is 24.7 Å². The molecule has 0 saturated carbocycles. The Morgan fingerprint density at radius 2 is 1.48 bits per heavy atom. The lowest BCUT2D eigenvalue weighted by Crippen LogP contribution is -2.46.